The third-order valence-electron chi connectivity index (χ3n) is 5.06. The van der Waals surface area contributed by atoms with Crippen molar-refractivity contribution in [3.8, 4) is 23.0 Å². The molecule has 0 fully saturated rings. The fourth-order valence-corrected chi connectivity index (χ4v) is 4.69. The van der Waals surface area contributed by atoms with Gasteiger partial charge in [0.15, 0.2) is 11.5 Å². The molecule has 0 bridgehead atoms. The van der Waals surface area contributed by atoms with Gasteiger partial charge in [0.05, 0.1) is 4.90 Å². The van der Waals surface area contributed by atoms with E-state index < -0.39 is 15.7 Å². The molecule has 0 amide bonds. The van der Waals surface area contributed by atoms with Gasteiger partial charge in [0.2, 0.25) is 26.6 Å². The number of benzene rings is 3. The Kier molecular flexibility index (Phi) is 5.47. The zero-order chi connectivity index (χ0) is 22.8. The highest BCUT2D eigenvalue weighted by Gasteiger charge is 2.30. The summed E-state index contributed by atoms with van der Waals surface area (Å²) < 4.78 is 57.2. The highest BCUT2D eigenvalue weighted by atomic mass is 32.2. The molecule has 3 aromatic carbocycles. The number of rotatable bonds is 6. The molecule has 9 heteroatoms. The first kappa shape index (κ1) is 21.0. The van der Waals surface area contributed by atoms with E-state index in [0.29, 0.717) is 36.8 Å². The SMILES string of the molecule is O=S(=O)(c1ccc2c(c1)OCCO2)c1nc(-c2ccc(F)cc2)oc1NCc1ccccc1. The summed E-state index contributed by atoms with van der Waals surface area (Å²) in [7, 11) is -4.08. The van der Waals surface area contributed by atoms with E-state index in [1.165, 1.54) is 36.4 Å². The number of oxazole rings is 1. The van der Waals surface area contributed by atoms with Gasteiger partial charge in [-0.25, -0.2) is 12.8 Å². The van der Waals surface area contributed by atoms with Crippen LogP contribution in [0.4, 0.5) is 10.3 Å². The van der Waals surface area contributed by atoms with Crippen molar-refractivity contribution >= 4 is 15.7 Å². The molecule has 0 aliphatic carbocycles. The largest absolute Gasteiger partial charge is 0.486 e. The monoisotopic (exact) mass is 466 g/mol. The number of halogens is 1. The third kappa shape index (κ3) is 4.27. The molecule has 5 rings (SSSR count). The first-order valence-electron chi connectivity index (χ1n) is 10.2. The van der Waals surface area contributed by atoms with Crippen LogP contribution in [0.25, 0.3) is 11.5 Å². The van der Waals surface area contributed by atoms with Crippen LogP contribution in [0.5, 0.6) is 11.5 Å². The minimum absolute atomic E-state index is 0.00605. The zero-order valence-corrected chi connectivity index (χ0v) is 18.1. The summed E-state index contributed by atoms with van der Waals surface area (Å²) in [6.07, 6.45) is 0. The van der Waals surface area contributed by atoms with Crippen molar-refractivity contribution in [1.82, 2.24) is 4.98 Å². The molecular formula is C24H19FN2O5S. The molecule has 0 saturated carbocycles. The lowest BCUT2D eigenvalue weighted by Gasteiger charge is -2.18. The minimum atomic E-state index is -4.08. The number of nitrogens with one attached hydrogen (secondary N) is 1. The number of hydrogen-bond donors (Lipinski definition) is 1. The minimum Gasteiger partial charge on any atom is -0.486 e. The molecule has 1 aliphatic rings. The zero-order valence-electron chi connectivity index (χ0n) is 17.3. The molecule has 0 atom stereocenters. The van der Waals surface area contributed by atoms with Gasteiger partial charge in [-0.3, -0.25) is 0 Å². The smallest absolute Gasteiger partial charge is 0.234 e. The molecule has 1 aliphatic heterocycles. The Hall–Kier alpha value is -3.85. The van der Waals surface area contributed by atoms with E-state index in [-0.39, 0.29) is 21.7 Å². The molecule has 33 heavy (non-hydrogen) atoms. The van der Waals surface area contributed by atoms with Crippen LogP contribution in [0.15, 0.2) is 87.1 Å². The lowest BCUT2D eigenvalue weighted by Crippen LogP contribution is -2.16. The highest BCUT2D eigenvalue weighted by Crippen LogP contribution is 2.37. The molecule has 4 aromatic rings. The summed E-state index contributed by atoms with van der Waals surface area (Å²) in [5, 5.41) is 2.76. The fourth-order valence-electron chi connectivity index (χ4n) is 3.40. The fraction of sp³-hybridized carbons (Fsp3) is 0.125. The van der Waals surface area contributed by atoms with E-state index in [1.807, 2.05) is 30.3 Å². The van der Waals surface area contributed by atoms with Crippen LogP contribution in [0, 0.1) is 5.82 Å². The lowest BCUT2D eigenvalue weighted by atomic mass is 10.2. The number of ether oxygens (including phenoxy) is 2. The van der Waals surface area contributed by atoms with Gasteiger partial charge in [-0.2, -0.15) is 4.98 Å². The Bertz CT molecular complexity index is 1390. The second-order valence-electron chi connectivity index (χ2n) is 7.31. The van der Waals surface area contributed by atoms with Crippen molar-refractivity contribution < 1.29 is 26.7 Å². The number of nitrogens with zero attached hydrogens (tertiary/aromatic N) is 1. The number of fused-ring (bicyclic) bond motifs is 1. The molecule has 1 aromatic heterocycles. The van der Waals surface area contributed by atoms with Gasteiger partial charge in [-0.1, -0.05) is 30.3 Å². The second kappa shape index (κ2) is 8.59. The van der Waals surface area contributed by atoms with Crippen LogP contribution in [0.1, 0.15) is 5.56 Å². The number of aromatic nitrogens is 1. The van der Waals surface area contributed by atoms with Crippen LogP contribution in [-0.4, -0.2) is 26.6 Å². The predicted octanol–water partition coefficient (Wildman–Crippen LogP) is 4.70. The van der Waals surface area contributed by atoms with Gasteiger partial charge in [-0.05, 0) is 42.0 Å². The van der Waals surface area contributed by atoms with Crippen molar-refractivity contribution in [3.63, 3.8) is 0 Å². The maximum absolute atomic E-state index is 13.5. The maximum atomic E-state index is 13.5. The van der Waals surface area contributed by atoms with Gasteiger partial charge < -0.3 is 19.2 Å². The third-order valence-corrected chi connectivity index (χ3v) is 6.72. The Labute approximate surface area is 189 Å². The molecule has 0 radical (unpaired) electrons. The van der Waals surface area contributed by atoms with Crippen LogP contribution < -0.4 is 14.8 Å². The Morgan fingerprint density at radius 1 is 0.909 bits per heavy atom. The van der Waals surface area contributed by atoms with Crippen LogP contribution in [0.3, 0.4) is 0 Å². The van der Waals surface area contributed by atoms with Gasteiger partial charge in [0.25, 0.3) is 0 Å². The summed E-state index contributed by atoms with van der Waals surface area (Å²) in [6, 6.07) is 19.3. The van der Waals surface area contributed by atoms with Crippen molar-refractivity contribution in [2.45, 2.75) is 16.5 Å². The van der Waals surface area contributed by atoms with E-state index in [0.717, 1.165) is 5.56 Å². The molecular weight excluding hydrogens is 447 g/mol. The van der Waals surface area contributed by atoms with Crippen LogP contribution in [-0.2, 0) is 16.4 Å². The lowest BCUT2D eigenvalue weighted by molar-refractivity contribution is 0.171. The van der Waals surface area contributed by atoms with Crippen LogP contribution >= 0.6 is 0 Å². The molecule has 0 spiro atoms. The topological polar surface area (TPSA) is 90.7 Å². The highest BCUT2D eigenvalue weighted by molar-refractivity contribution is 7.91. The van der Waals surface area contributed by atoms with Crippen LogP contribution in [0.2, 0.25) is 0 Å². The van der Waals surface area contributed by atoms with E-state index >= 15 is 0 Å². The van der Waals surface area contributed by atoms with Crippen molar-refractivity contribution in [2.24, 2.45) is 0 Å². The first-order chi connectivity index (χ1) is 16.0. The number of anilines is 1. The number of hydrogen-bond acceptors (Lipinski definition) is 7. The normalized spacial score (nSPS) is 13.0. The summed E-state index contributed by atoms with van der Waals surface area (Å²) in [5.41, 5.74) is 1.38. The van der Waals surface area contributed by atoms with Gasteiger partial charge in [0.1, 0.15) is 19.0 Å². The standard InChI is InChI=1S/C24H19FN2O5S/c25-18-8-6-17(7-9-18)22-27-24(23(32-22)26-15-16-4-2-1-3-5-16)33(28,29)19-10-11-20-21(14-19)31-13-12-30-20/h1-11,14,26H,12-13,15H2. The number of sulfone groups is 1. The molecule has 0 unspecified atom stereocenters. The van der Waals surface area contributed by atoms with Crippen molar-refractivity contribution in [1.29, 1.82) is 0 Å². The average molecular weight is 466 g/mol. The summed E-state index contributed by atoms with van der Waals surface area (Å²) >= 11 is 0. The average Bonchev–Trinajstić information content (AvgIpc) is 3.29. The van der Waals surface area contributed by atoms with Gasteiger partial charge >= 0.3 is 0 Å². The van der Waals surface area contributed by atoms with Crippen molar-refractivity contribution in [3.05, 3.63) is 84.2 Å². The second-order valence-corrected chi connectivity index (χ2v) is 9.17. The molecule has 2 heterocycles. The summed E-state index contributed by atoms with van der Waals surface area (Å²) in [6.45, 7) is 1.05. The molecule has 0 saturated heterocycles. The quantitative estimate of drug-likeness (QED) is 0.441. The molecule has 1 N–H and O–H groups in total. The van der Waals surface area contributed by atoms with E-state index in [2.05, 4.69) is 10.3 Å². The maximum Gasteiger partial charge on any atom is 0.234 e. The Morgan fingerprint density at radius 2 is 1.64 bits per heavy atom. The van der Waals surface area contributed by atoms with Gasteiger partial charge in [0, 0.05) is 18.2 Å². The predicted molar refractivity (Wildman–Crippen MR) is 119 cm³/mol. The Morgan fingerprint density at radius 3 is 2.39 bits per heavy atom. The molecule has 7 nitrogen and oxygen atoms in total. The first-order valence-corrected chi connectivity index (χ1v) is 11.7. The van der Waals surface area contributed by atoms with E-state index in [4.69, 9.17) is 13.9 Å². The van der Waals surface area contributed by atoms with E-state index in [9.17, 15) is 12.8 Å². The Balaban J connectivity index is 1.55. The summed E-state index contributed by atoms with van der Waals surface area (Å²) in [5.74, 6) is 0.463. The summed E-state index contributed by atoms with van der Waals surface area (Å²) in [4.78, 5) is 4.26. The van der Waals surface area contributed by atoms with E-state index in [1.54, 1.807) is 6.07 Å². The van der Waals surface area contributed by atoms with Crippen molar-refractivity contribution in [2.75, 3.05) is 18.5 Å². The van der Waals surface area contributed by atoms with Gasteiger partial charge in [-0.15, -0.1) is 0 Å². The molecule has 168 valence electrons.